The van der Waals surface area contributed by atoms with Crippen molar-refractivity contribution in [2.75, 3.05) is 31.5 Å². The Morgan fingerprint density at radius 3 is 2.52 bits per heavy atom. The summed E-state index contributed by atoms with van der Waals surface area (Å²) in [5.41, 5.74) is 0.661. The molecule has 0 radical (unpaired) electrons. The summed E-state index contributed by atoms with van der Waals surface area (Å²) in [7, 11) is 0. The van der Waals surface area contributed by atoms with Gasteiger partial charge in [0.2, 0.25) is 5.91 Å². The van der Waals surface area contributed by atoms with Crippen molar-refractivity contribution < 1.29 is 4.79 Å². The number of nitrogens with zero attached hydrogens (tertiary/aromatic N) is 2. The number of amides is 1. The van der Waals surface area contributed by atoms with Crippen molar-refractivity contribution in [2.45, 2.75) is 19.5 Å². The Morgan fingerprint density at radius 1 is 1.16 bits per heavy atom. The number of rotatable bonds is 5. The van der Waals surface area contributed by atoms with Crippen molar-refractivity contribution in [1.82, 2.24) is 9.80 Å². The van der Waals surface area contributed by atoms with Crippen LogP contribution in [0.5, 0.6) is 0 Å². The van der Waals surface area contributed by atoms with E-state index in [1.54, 1.807) is 17.4 Å². The number of anilines is 1. The van der Waals surface area contributed by atoms with Crippen molar-refractivity contribution >= 4 is 46.1 Å². The number of hydrogen-bond acceptors (Lipinski definition) is 4. The maximum Gasteiger partial charge on any atom is 0.241 e. The highest BCUT2D eigenvalue weighted by Gasteiger charge is 2.26. The van der Waals surface area contributed by atoms with Crippen molar-refractivity contribution in [3.05, 3.63) is 50.6 Å². The Balaban J connectivity index is 1.50. The van der Waals surface area contributed by atoms with E-state index in [1.165, 1.54) is 4.88 Å². The topological polar surface area (TPSA) is 35.6 Å². The minimum absolute atomic E-state index is 0.0217. The fourth-order valence-electron chi connectivity index (χ4n) is 2.93. The fraction of sp³-hybridized carbons (Fsp3) is 0.389. The van der Waals surface area contributed by atoms with Crippen LogP contribution in [0, 0.1) is 0 Å². The summed E-state index contributed by atoms with van der Waals surface area (Å²) in [6, 6.07) is 11.1. The number of benzene rings is 1. The molecule has 3 rings (SSSR count). The van der Waals surface area contributed by atoms with Crippen molar-refractivity contribution in [2.24, 2.45) is 0 Å². The van der Waals surface area contributed by atoms with Gasteiger partial charge in [-0.25, -0.2) is 0 Å². The predicted molar refractivity (Wildman–Crippen MR) is 106 cm³/mol. The summed E-state index contributed by atoms with van der Waals surface area (Å²) in [6.07, 6.45) is 0. The molecule has 1 aliphatic heterocycles. The molecule has 1 atom stereocenters. The normalized spacial score (nSPS) is 17.4. The van der Waals surface area contributed by atoms with Crippen LogP contribution in [0.3, 0.4) is 0 Å². The number of nitrogens with one attached hydrogen (secondary N) is 1. The summed E-state index contributed by atoms with van der Waals surface area (Å²) >= 11 is 13.7. The summed E-state index contributed by atoms with van der Waals surface area (Å²) in [6.45, 7) is 6.50. The molecule has 2 aromatic rings. The van der Waals surface area contributed by atoms with Gasteiger partial charge in [0, 0.05) is 37.6 Å². The number of piperazine rings is 1. The zero-order valence-corrected chi connectivity index (χ0v) is 16.4. The molecule has 7 heteroatoms. The minimum Gasteiger partial charge on any atom is -0.323 e. The Kier molecular flexibility index (Phi) is 6.36. The fourth-order valence-corrected chi connectivity index (χ4v) is 4.24. The standard InChI is InChI=1S/C18H21Cl2N3OS/c1-13(18(24)21-16-5-3-2-4-15(16)19)23-10-8-22(9-11-23)12-14-6-7-17(20)25-14/h2-7,13H,8-12H2,1H3,(H,21,24)/t13-/m1/s1. The Morgan fingerprint density at radius 2 is 1.88 bits per heavy atom. The molecule has 134 valence electrons. The molecule has 0 unspecified atom stereocenters. The smallest absolute Gasteiger partial charge is 0.241 e. The quantitative estimate of drug-likeness (QED) is 0.820. The SMILES string of the molecule is C[C@H](C(=O)Nc1ccccc1Cl)N1CCN(Cc2ccc(Cl)s2)CC1. The van der Waals surface area contributed by atoms with E-state index in [-0.39, 0.29) is 11.9 Å². The summed E-state index contributed by atoms with van der Waals surface area (Å²) < 4.78 is 0.832. The predicted octanol–water partition coefficient (Wildman–Crippen LogP) is 4.20. The first-order valence-electron chi connectivity index (χ1n) is 8.29. The second kappa shape index (κ2) is 8.52. The van der Waals surface area contributed by atoms with Gasteiger partial charge in [0.1, 0.15) is 0 Å². The Bertz CT molecular complexity index is 729. The number of hydrogen-bond donors (Lipinski definition) is 1. The molecule has 1 fully saturated rings. The van der Waals surface area contributed by atoms with Gasteiger partial charge < -0.3 is 5.32 Å². The van der Waals surface area contributed by atoms with E-state index < -0.39 is 0 Å². The molecule has 1 aliphatic rings. The molecule has 25 heavy (non-hydrogen) atoms. The van der Waals surface area contributed by atoms with Crippen molar-refractivity contribution in [3.63, 3.8) is 0 Å². The van der Waals surface area contributed by atoms with Gasteiger partial charge in [0.25, 0.3) is 0 Å². The third kappa shape index (κ3) is 4.96. The third-order valence-corrected chi connectivity index (χ3v) is 6.02. The number of halogens is 2. The maximum absolute atomic E-state index is 12.5. The van der Waals surface area contributed by atoms with Gasteiger partial charge in [-0.1, -0.05) is 35.3 Å². The second-order valence-electron chi connectivity index (χ2n) is 6.16. The van der Waals surface area contributed by atoms with Gasteiger partial charge in [-0.3, -0.25) is 14.6 Å². The first-order valence-corrected chi connectivity index (χ1v) is 9.86. The van der Waals surface area contributed by atoms with Crippen LogP contribution < -0.4 is 5.32 Å². The molecule has 1 N–H and O–H groups in total. The molecule has 1 aromatic carbocycles. The number of carbonyl (C=O) groups excluding carboxylic acids is 1. The zero-order chi connectivity index (χ0) is 17.8. The highest BCUT2D eigenvalue weighted by molar-refractivity contribution is 7.16. The van der Waals surface area contributed by atoms with Crippen LogP contribution in [0.25, 0.3) is 0 Å². The van der Waals surface area contributed by atoms with E-state index in [4.69, 9.17) is 23.2 Å². The van der Waals surface area contributed by atoms with E-state index in [0.29, 0.717) is 10.7 Å². The van der Waals surface area contributed by atoms with Crippen LogP contribution in [0.15, 0.2) is 36.4 Å². The molecule has 2 heterocycles. The lowest BCUT2D eigenvalue weighted by Gasteiger charge is -2.37. The average Bonchev–Trinajstić information content (AvgIpc) is 3.02. The Hall–Kier alpha value is -1.11. The third-order valence-electron chi connectivity index (χ3n) is 4.47. The van der Waals surface area contributed by atoms with E-state index in [0.717, 1.165) is 37.1 Å². The molecule has 1 amide bonds. The lowest BCUT2D eigenvalue weighted by Crippen LogP contribution is -2.52. The lowest BCUT2D eigenvalue weighted by molar-refractivity contribution is -0.121. The lowest BCUT2D eigenvalue weighted by atomic mass is 10.2. The first kappa shape index (κ1) is 18.7. The Labute approximate surface area is 162 Å². The second-order valence-corrected chi connectivity index (χ2v) is 8.37. The van der Waals surface area contributed by atoms with Gasteiger partial charge in [-0.15, -0.1) is 11.3 Å². The number of para-hydroxylation sites is 1. The monoisotopic (exact) mass is 397 g/mol. The van der Waals surface area contributed by atoms with Crippen LogP contribution >= 0.6 is 34.5 Å². The molecule has 1 saturated heterocycles. The van der Waals surface area contributed by atoms with Gasteiger partial charge in [0.05, 0.1) is 21.1 Å². The molecule has 1 aromatic heterocycles. The van der Waals surface area contributed by atoms with Crippen LogP contribution in [-0.4, -0.2) is 47.9 Å². The van der Waals surface area contributed by atoms with Gasteiger partial charge in [-0.05, 0) is 31.2 Å². The van der Waals surface area contributed by atoms with Crippen LogP contribution in [0.1, 0.15) is 11.8 Å². The summed E-state index contributed by atoms with van der Waals surface area (Å²) in [5.74, 6) is -0.0217. The highest BCUT2D eigenvalue weighted by atomic mass is 35.5. The minimum atomic E-state index is -0.186. The summed E-state index contributed by atoms with van der Waals surface area (Å²) in [4.78, 5) is 18.4. The van der Waals surface area contributed by atoms with Crippen LogP contribution in [0.2, 0.25) is 9.36 Å². The van der Waals surface area contributed by atoms with E-state index in [1.807, 2.05) is 31.2 Å². The van der Waals surface area contributed by atoms with Gasteiger partial charge in [0.15, 0.2) is 0 Å². The van der Waals surface area contributed by atoms with Crippen molar-refractivity contribution in [3.8, 4) is 0 Å². The maximum atomic E-state index is 12.5. The van der Waals surface area contributed by atoms with Gasteiger partial charge in [-0.2, -0.15) is 0 Å². The van der Waals surface area contributed by atoms with E-state index in [2.05, 4.69) is 21.2 Å². The number of thiophene rings is 1. The zero-order valence-electron chi connectivity index (χ0n) is 14.0. The van der Waals surface area contributed by atoms with Crippen LogP contribution in [0.4, 0.5) is 5.69 Å². The molecule has 0 saturated carbocycles. The molecule has 0 bridgehead atoms. The molecular weight excluding hydrogens is 377 g/mol. The highest BCUT2D eigenvalue weighted by Crippen LogP contribution is 2.24. The van der Waals surface area contributed by atoms with Crippen molar-refractivity contribution in [1.29, 1.82) is 0 Å². The average molecular weight is 398 g/mol. The molecule has 4 nitrogen and oxygen atoms in total. The van der Waals surface area contributed by atoms with Gasteiger partial charge >= 0.3 is 0 Å². The van der Waals surface area contributed by atoms with Crippen LogP contribution in [-0.2, 0) is 11.3 Å². The largest absolute Gasteiger partial charge is 0.323 e. The summed E-state index contributed by atoms with van der Waals surface area (Å²) in [5, 5.41) is 3.48. The number of carbonyl (C=O) groups is 1. The molecule has 0 spiro atoms. The first-order chi connectivity index (χ1) is 12.0. The van der Waals surface area contributed by atoms with E-state index >= 15 is 0 Å². The van der Waals surface area contributed by atoms with E-state index in [9.17, 15) is 4.79 Å². The molecular formula is C18H21Cl2N3OS. The molecule has 0 aliphatic carbocycles.